The van der Waals surface area contributed by atoms with Gasteiger partial charge in [0.05, 0.1) is 6.61 Å². The summed E-state index contributed by atoms with van der Waals surface area (Å²) in [5, 5.41) is 0. The molecule has 70 valence electrons. The quantitative estimate of drug-likeness (QED) is 0.673. The number of fused-ring (bicyclic) bond motifs is 1. The van der Waals surface area contributed by atoms with Crippen LogP contribution in [0.25, 0.3) is 0 Å². The van der Waals surface area contributed by atoms with Crippen molar-refractivity contribution in [2.45, 2.75) is 25.2 Å². The Morgan fingerprint density at radius 1 is 1.38 bits per heavy atom. The molecule has 2 rings (SSSR count). The number of methoxy groups -OCH3 is 1. The zero-order chi connectivity index (χ0) is 9.10. The average Bonchev–Trinajstić information content (AvgIpc) is 2.19. The summed E-state index contributed by atoms with van der Waals surface area (Å²) in [5.74, 6) is 0.634. The van der Waals surface area contributed by atoms with Crippen LogP contribution in [-0.4, -0.2) is 13.7 Å². The lowest BCUT2D eigenvalue weighted by atomic mass is 9.83. The van der Waals surface area contributed by atoms with Gasteiger partial charge < -0.3 is 4.74 Å². The van der Waals surface area contributed by atoms with Crippen molar-refractivity contribution in [2.75, 3.05) is 13.7 Å². The minimum Gasteiger partial charge on any atom is -0.384 e. The molecule has 1 aromatic rings. The first-order chi connectivity index (χ1) is 6.42. The maximum atomic E-state index is 5.24. The van der Waals surface area contributed by atoms with Crippen molar-refractivity contribution in [3.63, 3.8) is 0 Å². The van der Waals surface area contributed by atoms with Crippen LogP contribution in [0.15, 0.2) is 24.3 Å². The van der Waals surface area contributed by atoms with Crippen LogP contribution < -0.4 is 0 Å². The van der Waals surface area contributed by atoms with E-state index in [9.17, 15) is 0 Å². The number of benzene rings is 1. The van der Waals surface area contributed by atoms with Gasteiger partial charge in [0.15, 0.2) is 0 Å². The Balaban J connectivity index is 2.26. The second kappa shape index (κ2) is 3.93. The van der Waals surface area contributed by atoms with E-state index in [2.05, 4.69) is 24.3 Å². The van der Waals surface area contributed by atoms with Crippen LogP contribution in [0.2, 0.25) is 0 Å². The third-order valence-electron chi connectivity index (χ3n) is 2.86. The number of ether oxygens (including phenoxy) is 1. The van der Waals surface area contributed by atoms with Gasteiger partial charge in [-0.2, -0.15) is 0 Å². The van der Waals surface area contributed by atoms with Crippen LogP contribution >= 0.6 is 0 Å². The average molecular weight is 176 g/mol. The van der Waals surface area contributed by atoms with E-state index in [1.807, 2.05) is 0 Å². The molecule has 0 N–H and O–H groups in total. The molecule has 0 aliphatic heterocycles. The molecule has 0 aromatic heterocycles. The summed E-state index contributed by atoms with van der Waals surface area (Å²) in [6, 6.07) is 8.76. The summed E-state index contributed by atoms with van der Waals surface area (Å²) in [4.78, 5) is 0. The fraction of sp³-hybridized carbons (Fsp3) is 0.500. The third-order valence-corrected chi connectivity index (χ3v) is 2.86. The molecular weight excluding hydrogens is 160 g/mol. The van der Waals surface area contributed by atoms with Crippen LogP contribution in [0.1, 0.15) is 29.9 Å². The molecule has 1 atom stereocenters. The topological polar surface area (TPSA) is 9.23 Å². The molecule has 0 heterocycles. The van der Waals surface area contributed by atoms with Gasteiger partial charge in [0.2, 0.25) is 0 Å². The van der Waals surface area contributed by atoms with Gasteiger partial charge in [0.25, 0.3) is 0 Å². The molecule has 0 fully saturated rings. The largest absolute Gasteiger partial charge is 0.384 e. The summed E-state index contributed by atoms with van der Waals surface area (Å²) in [6.07, 6.45) is 3.84. The van der Waals surface area contributed by atoms with Crippen LogP contribution in [0.5, 0.6) is 0 Å². The summed E-state index contributed by atoms with van der Waals surface area (Å²) >= 11 is 0. The van der Waals surface area contributed by atoms with E-state index in [0.29, 0.717) is 5.92 Å². The number of aryl methyl sites for hydroxylation is 1. The van der Waals surface area contributed by atoms with Gasteiger partial charge in [0, 0.05) is 13.0 Å². The van der Waals surface area contributed by atoms with Crippen molar-refractivity contribution in [2.24, 2.45) is 0 Å². The van der Waals surface area contributed by atoms with Crippen LogP contribution in [0.3, 0.4) is 0 Å². The fourth-order valence-corrected chi connectivity index (χ4v) is 2.23. The van der Waals surface area contributed by atoms with Gasteiger partial charge in [-0.05, 0) is 30.4 Å². The van der Waals surface area contributed by atoms with Gasteiger partial charge in [-0.1, -0.05) is 24.3 Å². The summed E-state index contributed by atoms with van der Waals surface area (Å²) < 4.78 is 5.24. The van der Waals surface area contributed by atoms with Crippen molar-refractivity contribution in [3.8, 4) is 0 Å². The summed E-state index contributed by atoms with van der Waals surface area (Å²) in [5.41, 5.74) is 3.03. The normalized spacial score (nSPS) is 21.2. The Kier molecular flexibility index (Phi) is 2.65. The van der Waals surface area contributed by atoms with Gasteiger partial charge in [-0.25, -0.2) is 0 Å². The molecule has 1 aromatic carbocycles. The van der Waals surface area contributed by atoms with Gasteiger partial charge >= 0.3 is 0 Å². The molecule has 1 unspecified atom stereocenters. The van der Waals surface area contributed by atoms with E-state index in [4.69, 9.17) is 4.74 Å². The number of hydrogen-bond donors (Lipinski definition) is 0. The Labute approximate surface area is 79.7 Å². The molecule has 0 spiro atoms. The fourth-order valence-electron chi connectivity index (χ4n) is 2.23. The first kappa shape index (κ1) is 8.76. The molecule has 1 aliphatic rings. The molecule has 1 aliphatic carbocycles. The minimum absolute atomic E-state index is 0.634. The Hall–Kier alpha value is -0.820. The standard InChI is InChI=1S/C12H16O/c1-13-9-11-7-4-6-10-5-2-3-8-12(10)11/h2-3,5,8,11H,4,6-7,9H2,1H3. The van der Waals surface area contributed by atoms with Crippen molar-refractivity contribution in [1.29, 1.82) is 0 Å². The van der Waals surface area contributed by atoms with E-state index in [0.717, 1.165) is 6.61 Å². The summed E-state index contributed by atoms with van der Waals surface area (Å²) in [7, 11) is 1.79. The lowest BCUT2D eigenvalue weighted by Crippen LogP contribution is -2.13. The zero-order valence-electron chi connectivity index (χ0n) is 8.12. The highest BCUT2D eigenvalue weighted by Crippen LogP contribution is 2.31. The molecule has 0 bridgehead atoms. The Bertz CT molecular complexity index is 280. The first-order valence-electron chi connectivity index (χ1n) is 4.98. The van der Waals surface area contributed by atoms with Gasteiger partial charge in [0.1, 0.15) is 0 Å². The van der Waals surface area contributed by atoms with Crippen LogP contribution in [0.4, 0.5) is 0 Å². The molecule has 0 saturated heterocycles. The molecule has 0 radical (unpaired) electrons. The van der Waals surface area contributed by atoms with Crippen molar-refractivity contribution < 1.29 is 4.74 Å². The number of rotatable bonds is 2. The second-order valence-corrected chi connectivity index (χ2v) is 3.74. The van der Waals surface area contributed by atoms with Crippen molar-refractivity contribution in [3.05, 3.63) is 35.4 Å². The monoisotopic (exact) mass is 176 g/mol. The maximum Gasteiger partial charge on any atom is 0.0531 e. The maximum absolute atomic E-state index is 5.24. The van der Waals surface area contributed by atoms with Crippen molar-refractivity contribution >= 4 is 0 Å². The highest BCUT2D eigenvalue weighted by Gasteiger charge is 2.18. The van der Waals surface area contributed by atoms with Crippen molar-refractivity contribution in [1.82, 2.24) is 0 Å². The van der Waals surface area contributed by atoms with Crippen LogP contribution in [-0.2, 0) is 11.2 Å². The van der Waals surface area contributed by atoms with E-state index in [1.165, 1.54) is 30.4 Å². The molecular formula is C12H16O. The minimum atomic E-state index is 0.634. The number of hydrogen-bond acceptors (Lipinski definition) is 1. The molecule has 1 heteroatoms. The Morgan fingerprint density at radius 3 is 3.08 bits per heavy atom. The molecule has 1 nitrogen and oxygen atoms in total. The molecule has 0 amide bonds. The van der Waals surface area contributed by atoms with Crippen LogP contribution in [0, 0.1) is 0 Å². The lowest BCUT2D eigenvalue weighted by molar-refractivity contribution is 0.172. The second-order valence-electron chi connectivity index (χ2n) is 3.74. The highest BCUT2D eigenvalue weighted by atomic mass is 16.5. The highest BCUT2D eigenvalue weighted by molar-refractivity contribution is 5.32. The molecule has 13 heavy (non-hydrogen) atoms. The third kappa shape index (κ3) is 1.75. The van der Waals surface area contributed by atoms with Gasteiger partial charge in [-0.15, -0.1) is 0 Å². The predicted molar refractivity (Wildman–Crippen MR) is 54.0 cm³/mol. The van der Waals surface area contributed by atoms with E-state index in [-0.39, 0.29) is 0 Å². The smallest absolute Gasteiger partial charge is 0.0531 e. The van der Waals surface area contributed by atoms with Gasteiger partial charge in [-0.3, -0.25) is 0 Å². The SMILES string of the molecule is COCC1CCCc2ccccc21. The zero-order valence-corrected chi connectivity index (χ0v) is 8.12. The van der Waals surface area contributed by atoms with E-state index < -0.39 is 0 Å². The van der Waals surface area contributed by atoms with E-state index >= 15 is 0 Å². The summed E-state index contributed by atoms with van der Waals surface area (Å²) in [6.45, 7) is 0.872. The Morgan fingerprint density at radius 2 is 2.23 bits per heavy atom. The van der Waals surface area contributed by atoms with E-state index in [1.54, 1.807) is 7.11 Å². The lowest BCUT2D eigenvalue weighted by Gasteiger charge is -2.24. The predicted octanol–water partition coefficient (Wildman–Crippen LogP) is 2.75. The molecule has 0 saturated carbocycles. The first-order valence-corrected chi connectivity index (χ1v) is 4.98.